The SMILES string of the molecule is Cc1[nH]n(-c2ccc([N+](=O)[O-])cc2)c(=O)c1C(C)C. The van der Waals surface area contributed by atoms with Gasteiger partial charge in [-0.25, -0.2) is 4.68 Å². The molecule has 19 heavy (non-hydrogen) atoms. The first-order valence-electron chi connectivity index (χ1n) is 5.98. The number of benzene rings is 1. The number of non-ortho nitro benzene ring substituents is 1. The molecule has 6 heteroatoms. The van der Waals surface area contributed by atoms with E-state index in [-0.39, 0.29) is 17.2 Å². The molecule has 0 saturated heterocycles. The van der Waals surface area contributed by atoms with Crippen molar-refractivity contribution in [3.8, 4) is 5.69 Å². The molecule has 0 amide bonds. The van der Waals surface area contributed by atoms with Crippen LogP contribution in [0.25, 0.3) is 5.69 Å². The second-order valence-corrected chi connectivity index (χ2v) is 4.72. The Kier molecular flexibility index (Phi) is 3.25. The number of nitro benzene ring substituents is 1. The number of hydrogen-bond acceptors (Lipinski definition) is 3. The molecule has 0 spiro atoms. The average molecular weight is 261 g/mol. The fourth-order valence-corrected chi connectivity index (χ4v) is 2.14. The lowest BCUT2D eigenvalue weighted by molar-refractivity contribution is -0.384. The third-order valence-electron chi connectivity index (χ3n) is 3.01. The van der Waals surface area contributed by atoms with Crippen LogP contribution in [0.1, 0.15) is 31.0 Å². The van der Waals surface area contributed by atoms with Gasteiger partial charge in [0.1, 0.15) is 0 Å². The van der Waals surface area contributed by atoms with Gasteiger partial charge in [-0.05, 0) is 25.0 Å². The van der Waals surface area contributed by atoms with Gasteiger partial charge in [-0.1, -0.05) is 13.8 Å². The van der Waals surface area contributed by atoms with Crippen molar-refractivity contribution in [3.05, 3.63) is 56.0 Å². The molecule has 0 bridgehead atoms. The molecule has 1 aromatic carbocycles. The maximum atomic E-state index is 12.2. The summed E-state index contributed by atoms with van der Waals surface area (Å²) in [5, 5.41) is 13.6. The van der Waals surface area contributed by atoms with Crippen molar-refractivity contribution >= 4 is 5.69 Å². The van der Waals surface area contributed by atoms with Gasteiger partial charge < -0.3 is 0 Å². The molecular weight excluding hydrogens is 246 g/mol. The van der Waals surface area contributed by atoms with Crippen molar-refractivity contribution in [1.82, 2.24) is 9.78 Å². The van der Waals surface area contributed by atoms with Crippen LogP contribution in [0.4, 0.5) is 5.69 Å². The van der Waals surface area contributed by atoms with E-state index in [0.29, 0.717) is 5.69 Å². The van der Waals surface area contributed by atoms with Gasteiger partial charge in [0.15, 0.2) is 0 Å². The highest BCUT2D eigenvalue weighted by atomic mass is 16.6. The zero-order valence-electron chi connectivity index (χ0n) is 11.0. The molecular formula is C13H15N3O3. The minimum atomic E-state index is -0.466. The zero-order valence-corrected chi connectivity index (χ0v) is 11.0. The van der Waals surface area contributed by atoms with E-state index in [2.05, 4.69) is 5.10 Å². The highest BCUT2D eigenvalue weighted by Gasteiger charge is 2.15. The van der Waals surface area contributed by atoms with Gasteiger partial charge in [-0.15, -0.1) is 0 Å². The van der Waals surface area contributed by atoms with Crippen LogP contribution in [0.5, 0.6) is 0 Å². The Morgan fingerprint density at radius 3 is 2.26 bits per heavy atom. The first-order valence-corrected chi connectivity index (χ1v) is 5.98. The molecule has 1 aromatic heterocycles. The van der Waals surface area contributed by atoms with E-state index in [9.17, 15) is 14.9 Å². The van der Waals surface area contributed by atoms with Crippen molar-refractivity contribution in [1.29, 1.82) is 0 Å². The second kappa shape index (κ2) is 4.72. The van der Waals surface area contributed by atoms with Gasteiger partial charge in [0.05, 0.1) is 10.6 Å². The number of aromatic nitrogens is 2. The highest BCUT2D eigenvalue weighted by molar-refractivity contribution is 5.41. The largest absolute Gasteiger partial charge is 0.295 e. The minimum absolute atomic E-state index is 0.00385. The van der Waals surface area contributed by atoms with E-state index < -0.39 is 4.92 Å². The molecule has 100 valence electrons. The predicted octanol–water partition coefficient (Wildman–Crippen LogP) is 2.51. The van der Waals surface area contributed by atoms with Crippen LogP contribution in [0.3, 0.4) is 0 Å². The summed E-state index contributed by atoms with van der Waals surface area (Å²) < 4.78 is 1.41. The molecule has 0 aliphatic heterocycles. The lowest BCUT2D eigenvalue weighted by Crippen LogP contribution is -2.18. The molecule has 0 aliphatic carbocycles. The van der Waals surface area contributed by atoms with Crippen LogP contribution in [0, 0.1) is 17.0 Å². The summed E-state index contributed by atoms with van der Waals surface area (Å²) in [7, 11) is 0. The fraction of sp³-hybridized carbons (Fsp3) is 0.308. The summed E-state index contributed by atoms with van der Waals surface area (Å²) in [6.07, 6.45) is 0. The Bertz CT molecular complexity index is 665. The van der Waals surface area contributed by atoms with E-state index in [1.807, 2.05) is 20.8 Å². The number of nitro groups is 1. The Morgan fingerprint density at radius 2 is 1.84 bits per heavy atom. The molecule has 2 rings (SSSR count). The van der Waals surface area contributed by atoms with E-state index in [4.69, 9.17) is 0 Å². The monoisotopic (exact) mass is 261 g/mol. The maximum Gasteiger partial charge on any atom is 0.274 e. The number of nitrogens with zero attached hydrogens (tertiary/aromatic N) is 2. The number of H-pyrrole nitrogens is 1. The summed E-state index contributed by atoms with van der Waals surface area (Å²) in [5.74, 6) is 0.128. The highest BCUT2D eigenvalue weighted by Crippen LogP contribution is 2.17. The van der Waals surface area contributed by atoms with Gasteiger partial charge >= 0.3 is 0 Å². The molecule has 0 radical (unpaired) electrons. The van der Waals surface area contributed by atoms with E-state index in [1.54, 1.807) is 12.1 Å². The van der Waals surface area contributed by atoms with E-state index in [1.165, 1.54) is 16.8 Å². The van der Waals surface area contributed by atoms with Crippen LogP contribution in [0.2, 0.25) is 0 Å². The summed E-state index contributed by atoms with van der Waals surface area (Å²) in [6.45, 7) is 5.76. The molecule has 0 atom stereocenters. The number of rotatable bonds is 3. The van der Waals surface area contributed by atoms with Crippen LogP contribution < -0.4 is 5.56 Å². The van der Waals surface area contributed by atoms with Crippen molar-refractivity contribution in [3.63, 3.8) is 0 Å². The predicted molar refractivity (Wildman–Crippen MR) is 71.9 cm³/mol. The summed E-state index contributed by atoms with van der Waals surface area (Å²) in [6, 6.07) is 5.87. The minimum Gasteiger partial charge on any atom is -0.295 e. The molecule has 1 N–H and O–H groups in total. The Labute approximate surface area is 109 Å². The van der Waals surface area contributed by atoms with Gasteiger partial charge in [0, 0.05) is 23.4 Å². The van der Waals surface area contributed by atoms with Crippen molar-refractivity contribution in [2.24, 2.45) is 0 Å². The van der Waals surface area contributed by atoms with Gasteiger partial charge in [0.25, 0.3) is 11.2 Å². The molecule has 0 aliphatic rings. The lowest BCUT2D eigenvalue weighted by atomic mass is 10.1. The first kappa shape index (κ1) is 13.1. The van der Waals surface area contributed by atoms with E-state index >= 15 is 0 Å². The van der Waals surface area contributed by atoms with Gasteiger partial charge in [-0.2, -0.15) is 0 Å². The summed E-state index contributed by atoms with van der Waals surface area (Å²) in [4.78, 5) is 22.4. The molecule has 6 nitrogen and oxygen atoms in total. The van der Waals surface area contributed by atoms with Crippen molar-refractivity contribution < 1.29 is 4.92 Å². The summed E-state index contributed by atoms with van der Waals surface area (Å²) >= 11 is 0. The quantitative estimate of drug-likeness (QED) is 0.680. The first-order chi connectivity index (χ1) is 8.91. The van der Waals surface area contributed by atoms with Crippen molar-refractivity contribution in [2.75, 3.05) is 0 Å². The number of hydrogen-bond donors (Lipinski definition) is 1. The third-order valence-corrected chi connectivity index (χ3v) is 3.01. The van der Waals surface area contributed by atoms with Crippen LogP contribution in [-0.2, 0) is 0 Å². The van der Waals surface area contributed by atoms with Gasteiger partial charge in [-0.3, -0.25) is 20.0 Å². The third kappa shape index (κ3) is 2.29. The zero-order chi connectivity index (χ0) is 14.2. The topological polar surface area (TPSA) is 80.9 Å². The lowest BCUT2D eigenvalue weighted by Gasteiger charge is -2.01. The van der Waals surface area contributed by atoms with Crippen molar-refractivity contribution in [2.45, 2.75) is 26.7 Å². The molecule has 2 aromatic rings. The Morgan fingerprint density at radius 1 is 1.26 bits per heavy atom. The Balaban J connectivity index is 2.51. The summed E-state index contributed by atoms with van der Waals surface area (Å²) in [5.41, 5.74) is 2.04. The van der Waals surface area contributed by atoms with Crippen LogP contribution in [0.15, 0.2) is 29.1 Å². The maximum absolute atomic E-state index is 12.2. The molecule has 0 unspecified atom stereocenters. The second-order valence-electron chi connectivity index (χ2n) is 4.72. The average Bonchev–Trinajstić information content (AvgIpc) is 2.65. The molecule has 0 fully saturated rings. The standard InChI is InChI=1S/C13H15N3O3/c1-8(2)12-9(3)14-15(13(12)17)10-4-6-11(7-5-10)16(18)19/h4-8,14H,1-3H3. The van der Waals surface area contributed by atoms with Crippen LogP contribution in [-0.4, -0.2) is 14.7 Å². The smallest absolute Gasteiger partial charge is 0.274 e. The number of aryl methyl sites for hydroxylation is 1. The molecule has 0 saturated carbocycles. The fourth-order valence-electron chi connectivity index (χ4n) is 2.14. The number of aromatic amines is 1. The molecule has 1 heterocycles. The Hall–Kier alpha value is -2.37. The number of nitrogens with one attached hydrogen (secondary N) is 1. The normalized spacial score (nSPS) is 10.9. The van der Waals surface area contributed by atoms with Gasteiger partial charge in [0.2, 0.25) is 0 Å². The van der Waals surface area contributed by atoms with E-state index in [0.717, 1.165) is 11.3 Å². The van der Waals surface area contributed by atoms with Crippen LogP contribution >= 0.6 is 0 Å².